The highest BCUT2D eigenvalue weighted by Crippen LogP contribution is 2.20. The number of rotatable bonds is 3. The van der Waals surface area contributed by atoms with Crippen molar-refractivity contribution in [2.45, 2.75) is 45.3 Å². The van der Waals surface area contributed by atoms with E-state index in [9.17, 15) is 9.90 Å². The molecule has 0 radical (unpaired) electrons. The van der Waals surface area contributed by atoms with Crippen LogP contribution in [0.2, 0.25) is 0 Å². The van der Waals surface area contributed by atoms with E-state index in [-0.39, 0.29) is 5.78 Å². The van der Waals surface area contributed by atoms with Crippen LogP contribution >= 0.6 is 0 Å². The Balaban J connectivity index is 2.60. The van der Waals surface area contributed by atoms with Crippen LogP contribution in [0.3, 0.4) is 0 Å². The molecule has 0 amide bonds. The lowest BCUT2D eigenvalue weighted by Gasteiger charge is -2.38. The quantitative estimate of drug-likeness (QED) is 0.717. The molecule has 3 nitrogen and oxygen atoms in total. The smallest absolute Gasteiger partial charge is 0.178 e. The van der Waals surface area contributed by atoms with Crippen molar-refractivity contribution in [2.24, 2.45) is 0 Å². The molecule has 1 unspecified atom stereocenters. The molecule has 0 aromatic rings. The van der Waals surface area contributed by atoms with Crippen LogP contribution in [0.1, 0.15) is 39.5 Å². The Morgan fingerprint density at radius 1 is 1.38 bits per heavy atom. The number of Topliss-reactive ketones (excluding diaryl/α,β-unsaturated/α-hetero) is 1. The van der Waals surface area contributed by atoms with E-state index in [0.29, 0.717) is 6.42 Å². The van der Waals surface area contributed by atoms with Gasteiger partial charge in [0.2, 0.25) is 0 Å². The standard InChI is InChI=1S/C10H19NO2/c1-3-9(12)10(2,13)11-7-5-4-6-8-11/h13H,3-8H2,1-2H3. The van der Waals surface area contributed by atoms with Gasteiger partial charge in [-0.15, -0.1) is 0 Å². The average molecular weight is 185 g/mol. The molecule has 0 aliphatic carbocycles. The lowest BCUT2D eigenvalue weighted by atomic mass is 10.0. The molecule has 1 rings (SSSR count). The van der Waals surface area contributed by atoms with Crippen molar-refractivity contribution in [2.75, 3.05) is 13.1 Å². The SMILES string of the molecule is CCC(=O)C(C)(O)N1CCCCC1. The Hall–Kier alpha value is -0.410. The van der Waals surface area contributed by atoms with E-state index in [2.05, 4.69) is 0 Å². The van der Waals surface area contributed by atoms with E-state index in [4.69, 9.17) is 0 Å². The number of nitrogens with zero attached hydrogens (tertiary/aromatic N) is 1. The Morgan fingerprint density at radius 3 is 2.38 bits per heavy atom. The molecule has 1 atom stereocenters. The van der Waals surface area contributed by atoms with Gasteiger partial charge in [0.15, 0.2) is 11.5 Å². The van der Waals surface area contributed by atoms with Gasteiger partial charge >= 0.3 is 0 Å². The summed E-state index contributed by atoms with van der Waals surface area (Å²) in [6.45, 7) is 5.10. The van der Waals surface area contributed by atoms with Gasteiger partial charge in [-0.05, 0) is 19.8 Å². The number of likely N-dealkylation sites (tertiary alicyclic amines) is 1. The van der Waals surface area contributed by atoms with E-state index in [1.165, 1.54) is 6.42 Å². The Labute approximate surface area is 79.7 Å². The highest BCUT2D eigenvalue weighted by Gasteiger charge is 2.35. The van der Waals surface area contributed by atoms with Gasteiger partial charge in [-0.25, -0.2) is 0 Å². The zero-order chi connectivity index (χ0) is 9.90. The van der Waals surface area contributed by atoms with E-state index in [1.807, 2.05) is 4.90 Å². The van der Waals surface area contributed by atoms with Crippen LogP contribution in [0.15, 0.2) is 0 Å². The minimum atomic E-state index is -1.23. The zero-order valence-corrected chi connectivity index (χ0v) is 8.55. The highest BCUT2D eigenvalue weighted by molar-refractivity contribution is 5.85. The molecule has 1 fully saturated rings. The lowest BCUT2D eigenvalue weighted by molar-refractivity contribution is -0.158. The van der Waals surface area contributed by atoms with E-state index in [0.717, 1.165) is 25.9 Å². The molecule has 0 aromatic carbocycles. The van der Waals surface area contributed by atoms with Crippen LogP contribution < -0.4 is 0 Å². The van der Waals surface area contributed by atoms with Crippen LogP contribution in [-0.4, -0.2) is 34.6 Å². The molecule has 3 heteroatoms. The summed E-state index contributed by atoms with van der Waals surface area (Å²) in [6.07, 6.45) is 3.80. The third-order valence-electron chi connectivity index (χ3n) is 2.82. The molecule has 0 spiro atoms. The van der Waals surface area contributed by atoms with E-state index < -0.39 is 5.72 Å². The first-order valence-electron chi connectivity index (χ1n) is 5.09. The van der Waals surface area contributed by atoms with Gasteiger partial charge in [0, 0.05) is 19.5 Å². The van der Waals surface area contributed by atoms with Crippen molar-refractivity contribution >= 4 is 5.78 Å². The van der Waals surface area contributed by atoms with Gasteiger partial charge < -0.3 is 5.11 Å². The number of piperidine rings is 1. The van der Waals surface area contributed by atoms with Crippen LogP contribution in [0.5, 0.6) is 0 Å². The van der Waals surface area contributed by atoms with Gasteiger partial charge in [-0.2, -0.15) is 0 Å². The normalized spacial score (nSPS) is 23.9. The Bertz CT molecular complexity index is 183. The highest BCUT2D eigenvalue weighted by atomic mass is 16.3. The topological polar surface area (TPSA) is 40.5 Å². The van der Waals surface area contributed by atoms with Crippen molar-refractivity contribution in [1.29, 1.82) is 0 Å². The minimum absolute atomic E-state index is 0.0746. The molecule has 76 valence electrons. The van der Waals surface area contributed by atoms with Crippen LogP contribution in [0.25, 0.3) is 0 Å². The van der Waals surface area contributed by atoms with Crippen molar-refractivity contribution in [1.82, 2.24) is 4.90 Å². The minimum Gasteiger partial charge on any atom is -0.369 e. The molecule has 13 heavy (non-hydrogen) atoms. The third-order valence-corrected chi connectivity index (χ3v) is 2.82. The molecule has 1 heterocycles. The summed E-state index contributed by atoms with van der Waals surface area (Å²) in [7, 11) is 0. The Morgan fingerprint density at radius 2 is 1.92 bits per heavy atom. The van der Waals surface area contributed by atoms with E-state index in [1.54, 1.807) is 13.8 Å². The number of hydrogen-bond acceptors (Lipinski definition) is 3. The molecular formula is C10H19NO2. The summed E-state index contributed by atoms with van der Waals surface area (Å²) >= 11 is 0. The van der Waals surface area contributed by atoms with Gasteiger partial charge in [-0.1, -0.05) is 13.3 Å². The van der Waals surface area contributed by atoms with E-state index >= 15 is 0 Å². The van der Waals surface area contributed by atoms with Gasteiger partial charge in [-0.3, -0.25) is 9.69 Å². The Kier molecular flexibility index (Phi) is 3.45. The second-order valence-electron chi connectivity index (χ2n) is 3.85. The van der Waals surface area contributed by atoms with Gasteiger partial charge in [0.05, 0.1) is 0 Å². The van der Waals surface area contributed by atoms with Crippen molar-refractivity contribution in [3.8, 4) is 0 Å². The summed E-state index contributed by atoms with van der Waals surface area (Å²) in [6, 6.07) is 0. The maximum Gasteiger partial charge on any atom is 0.178 e. The summed E-state index contributed by atoms with van der Waals surface area (Å²) in [4.78, 5) is 13.3. The largest absolute Gasteiger partial charge is 0.369 e. The molecule has 0 saturated carbocycles. The first-order valence-corrected chi connectivity index (χ1v) is 5.09. The summed E-state index contributed by atoms with van der Waals surface area (Å²) in [5.41, 5.74) is -1.23. The molecule has 1 saturated heterocycles. The number of ketones is 1. The number of carbonyl (C=O) groups is 1. The van der Waals surface area contributed by atoms with Crippen molar-refractivity contribution < 1.29 is 9.90 Å². The van der Waals surface area contributed by atoms with Gasteiger partial charge in [0.25, 0.3) is 0 Å². The first kappa shape index (κ1) is 10.7. The zero-order valence-electron chi connectivity index (χ0n) is 8.55. The summed E-state index contributed by atoms with van der Waals surface area (Å²) < 4.78 is 0. The van der Waals surface area contributed by atoms with Crippen LogP contribution in [0.4, 0.5) is 0 Å². The summed E-state index contributed by atoms with van der Waals surface area (Å²) in [5, 5.41) is 9.98. The predicted octanol–water partition coefficient (Wildman–Crippen LogP) is 1.16. The van der Waals surface area contributed by atoms with Crippen LogP contribution in [0, 0.1) is 0 Å². The molecule has 0 aromatic heterocycles. The number of hydrogen-bond donors (Lipinski definition) is 1. The van der Waals surface area contributed by atoms with Crippen molar-refractivity contribution in [3.05, 3.63) is 0 Å². The second kappa shape index (κ2) is 4.20. The monoisotopic (exact) mass is 185 g/mol. The fourth-order valence-corrected chi connectivity index (χ4v) is 1.84. The maximum absolute atomic E-state index is 11.4. The third kappa shape index (κ3) is 2.29. The number of aliphatic hydroxyl groups is 1. The maximum atomic E-state index is 11.4. The first-order chi connectivity index (χ1) is 6.09. The molecule has 1 aliphatic heterocycles. The van der Waals surface area contributed by atoms with Crippen molar-refractivity contribution in [3.63, 3.8) is 0 Å². The average Bonchev–Trinajstić information content (AvgIpc) is 2.18. The van der Waals surface area contributed by atoms with Gasteiger partial charge in [0.1, 0.15) is 0 Å². The van der Waals surface area contributed by atoms with Crippen LogP contribution in [-0.2, 0) is 4.79 Å². The second-order valence-corrected chi connectivity index (χ2v) is 3.85. The predicted molar refractivity (Wildman–Crippen MR) is 51.3 cm³/mol. The fourth-order valence-electron chi connectivity index (χ4n) is 1.84. The molecule has 1 aliphatic rings. The summed E-state index contributed by atoms with van der Waals surface area (Å²) in [5.74, 6) is -0.0746. The molecule has 1 N–H and O–H groups in total. The number of carbonyl (C=O) groups excluding carboxylic acids is 1. The molecule has 0 bridgehead atoms. The fraction of sp³-hybridized carbons (Fsp3) is 0.900. The lowest BCUT2D eigenvalue weighted by Crippen LogP contribution is -2.54. The molecular weight excluding hydrogens is 166 g/mol.